The van der Waals surface area contributed by atoms with Crippen molar-refractivity contribution in [2.45, 2.75) is 154 Å². The number of hydrogen-bond acceptors (Lipinski definition) is 4. The van der Waals surface area contributed by atoms with Crippen molar-refractivity contribution in [2.75, 3.05) is 0 Å². The molecule has 30 heavy (non-hydrogen) atoms. The van der Waals surface area contributed by atoms with E-state index in [1.807, 2.05) is 6.92 Å². The van der Waals surface area contributed by atoms with Crippen molar-refractivity contribution in [3.05, 3.63) is 0 Å². The zero-order chi connectivity index (χ0) is 21.8. The minimum absolute atomic E-state index is 0. The van der Waals surface area contributed by atoms with Crippen LogP contribution in [0.1, 0.15) is 142 Å². The van der Waals surface area contributed by atoms with Crippen molar-refractivity contribution in [1.82, 2.24) is 0 Å². The van der Waals surface area contributed by atoms with Gasteiger partial charge in [0.25, 0.3) is 0 Å². The maximum absolute atomic E-state index is 11.4. The van der Waals surface area contributed by atoms with E-state index in [1.165, 1.54) is 51.4 Å². The summed E-state index contributed by atoms with van der Waals surface area (Å²) in [6, 6.07) is 0. The summed E-state index contributed by atoms with van der Waals surface area (Å²) in [7, 11) is -4.14. The molecule has 0 bridgehead atoms. The molecule has 176 valence electrons. The molecule has 0 aliphatic rings. The summed E-state index contributed by atoms with van der Waals surface area (Å²) in [6.45, 7) is 4.16. The first-order valence-corrected chi connectivity index (χ1v) is 14.0. The molecule has 0 saturated carbocycles. The fraction of sp³-hybridized carbons (Fsp3) is 1.00. The van der Waals surface area contributed by atoms with Crippen LogP contribution in [0.25, 0.3) is 0 Å². The Morgan fingerprint density at radius 2 is 0.967 bits per heavy atom. The third-order valence-corrected chi connectivity index (χ3v) is 7.36. The fourth-order valence-electron chi connectivity index (χ4n) is 3.96. The quantitative estimate of drug-likeness (QED) is 0.151. The number of hydrogen-bond donors (Lipinski definition) is 1. The molecule has 0 aromatic heterocycles. The van der Waals surface area contributed by atoms with Gasteiger partial charge in [-0.25, -0.2) is 8.42 Å². The van der Waals surface area contributed by atoms with Crippen molar-refractivity contribution in [2.24, 2.45) is 0 Å². The van der Waals surface area contributed by atoms with Gasteiger partial charge in [-0.05, 0) is 25.7 Å². The molecule has 4 nitrogen and oxygen atoms in total. The van der Waals surface area contributed by atoms with Gasteiger partial charge in [0, 0.05) is 5.25 Å². The molecule has 0 heterocycles. The summed E-state index contributed by atoms with van der Waals surface area (Å²) in [4.78, 5) is 0. The Labute approximate surface area is 210 Å². The van der Waals surface area contributed by atoms with E-state index in [-0.39, 0.29) is 35.7 Å². The summed E-state index contributed by atoms with van der Waals surface area (Å²) in [6.07, 6.45) is 21.4. The minimum Gasteiger partial charge on any atom is -0.748 e. The molecule has 6 heteroatoms. The van der Waals surface area contributed by atoms with E-state index in [9.17, 15) is 18.1 Å². The molecule has 0 aromatic carbocycles. The monoisotopic (exact) mass is 456 g/mol. The van der Waals surface area contributed by atoms with E-state index in [1.54, 1.807) is 0 Å². The van der Waals surface area contributed by atoms with E-state index < -0.39 is 15.4 Å². The first-order valence-electron chi connectivity index (χ1n) is 12.5. The van der Waals surface area contributed by atoms with Crippen LogP contribution in [0.2, 0.25) is 0 Å². The number of unbranched alkanes of at least 4 members (excludes halogenated alkanes) is 14. The molecular formula is C24H49NaO4S. The molecule has 0 fully saturated rings. The fourth-order valence-corrected chi connectivity index (χ4v) is 4.87. The second kappa shape index (κ2) is 23.0. The zero-order valence-corrected chi connectivity index (χ0v) is 23.2. The maximum atomic E-state index is 11.4. The third-order valence-electron chi connectivity index (χ3n) is 6.07. The Hall–Kier alpha value is 0.870. The predicted molar refractivity (Wildman–Crippen MR) is 123 cm³/mol. The number of aliphatic hydroxyl groups is 1. The van der Waals surface area contributed by atoms with Gasteiger partial charge in [-0.3, -0.25) is 0 Å². The Morgan fingerprint density at radius 3 is 1.30 bits per heavy atom. The number of aliphatic hydroxyl groups excluding tert-OH is 1. The van der Waals surface area contributed by atoms with Crippen LogP contribution in [0.5, 0.6) is 0 Å². The molecule has 2 atom stereocenters. The smallest absolute Gasteiger partial charge is 0.748 e. The molecule has 0 saturated heterocycles. The summed E-state index contributed by atoms with van der Waals surface area (Å²) in [5, 5.41) is 8.85. The van der Waals surface area contributed by atoms with Crippen molar-refractivity contribution >= 4 is 10.1 Å². The first kappa shape index (κ1) is 33.0. The van der Waals surface area contributed by atoms with E-state index in [4.69, 9.17) is 0 Å². The van der Waals surface area contributed by atoms with Gasteiger partial charge in [0.05, 0.1) is 16.2 Å². The summed E-state index contributed by atoms with van der Waals surface area (Å²) < 4.78 is 34.3. The van der Waals surface area contributed by atoms with Crippen LogP contribution < -0.4 is 29.6 Å². The van der Waals surface area contributed by atoms with Crippen molar-refractivity contribution in [3.8, 4) is 0 Å². The van der Waals surface area contributed by atoms with Crippen molar-refractivity contribution in [1.29, 1.82) is 0 Å². The SMILES string of the molecule is CCCCCCC(CCCCCCCCCCCCCCC(O)CC)S(=O)(=O)[O-].[Na+]. The second-order valence-electron chi connectivity index (χ2n) is 8.85. The molecule has 0 amide bonds. The van der Waals surface area contributed by atoms with Crippen LogP contribution in [-0.4, -0.2) is 29.4 Å². The van der Waals surface area contributed by atoms with Gasteiger partial charge < -0.3 is 9.66 Å². The van der Waals surface area contributed by atoms with E-state index in [2.05, 4.69) is 6.92 Å². The van der Waals surface area contributed by atoms with E-state index in [0.717, 1.165) is 64.2 Å². The molecule has 0 aromatic rings. The average Bonchev–Trinajstić information content (AvgIpc) is 2.68. The van der Waals surface area contributed by atoms with Crippen LogP contribution in [-0.2, 0) is 10.1 Å². The van der Waals surface area contributed by atoms with Crippen LogP contribution in [0.3, 0.4) is 0 Å². The van der Waals surface area contributed by atoms with Gasteiger partial charge >= 0.3 is 29.6 Å². The molecule has 2 unspecified atom stereocenters. The van der Waals surface area contributed by atoms with Crippen LogP contribution >= 0.6 is 0 Å². The predicted octanol–water partition coefficient (Wildman–Crippen LogP) is 4.11. The van der Waals surface area contributed by atoms with Gasteiger partial charge in [-0.2, -0.15) is 0 Å². The first-order chi connectivity index (χ1) is 13.9. The Kier molecular flexibility index (Phi) is 25.4. The third kappa shape index (κ3) is 22.1. The zero-order valence-electron chi connectivity index (χ0n) is 20.4. The van der Waals surface area contributed by atoms with Crippen molar-refractivity contribution < 1.29 is 47.6 Å². The Bertz CT molecular complexity index is 442. The van der Waals surface area contributed by atoms with E-state index in [0.29, 0.717) is 12.8 Å². The van der Waals surface area contributed by atoms with Crippen LogP contribution in [0, 0.1) is 0 Å². The standard InChI is InChI=1S/C24H50O4S.Na/c1-3-5-6-18-21-24(29(26,27)28)22-19-16-14-12-10-8-7-9-11-13-15-17-20-23(25)4-2;/h23-25H,3-22H2,1-2H3,(H,26,27,28);/q;+1/p-1. The summed E-state index contributed by atoms with van der Waals surface area (Å²) in [5.41, 5.74) is 0. The summed E-state index contributed by atoms with van der Waals surface area (Å²) >= 11 is 0. The second-order valence-corrected chi connectivity index (χ2v) is 10.5. The molecule has 0 spiro atoms. The summed E-state index contributed by atoms with van der Waals surface area (Å²) in [5.74, 6) is 0. The molecular weight excluding hydrogens is 407 g/mol. The van der Waals surface area contributed by atoms with E-state index >= 15 is 0 Å². The minimum atomic E-state index is -4.14. The molecule has 0 aliphatic heterocycles. The van der Waals surface area contributed by atoms with Gasteiger partial charge in [-0.1, -0.05) is 117 Å². The Morgan fingerprint density at radius 1 is 0.633 bits per heavy atom. The van der Waals surface area contributed by atoms with Crippen LogP contribution in [0.15, 0.2) is 0 Å². The normalized spacial score (nSPS) is 13.7. The largest absolute Gasteiger partial charge is 1.00 e. The average molecular weight is 457 g/mol. The van der Waals surface area contributed by atoms with Gasteiger partial charge in [0.2, 0.25) is 0 Å². The van der Waals surface area contributed by atoms with Crippen molar-refractivity contribution in [3.63, 3.8) is 0 Å². The molecule has 0 rings (SSSR count). The van der Waals surface area contributed by atoms with Gasteiger partial charge in [-0.15, -0.1) is 0 Å². The van der Waals surface area contributed by atoms with Gasteiger partial charge in [0.1, 0.15) is 0 Å². The Balaban J connectivity index is 0. The molecule has 1 N–H and O–H groups in total. The van der Waals surface area contributed by atoms with Gasteiger partial charge in [0.15, 0.2) is 0 Å². The maximum Gasteiger partial charge on any atom is 1.00 e. The van der Waals surface area contributed by atoms with Crippen LogP contribution in [0.4, 0.5) is 0 Å². The molecule has 0 aliphatic carbocycles. The molecule has 0 radical (unpaired) electrons. The number of rotatable bonds is 22. The topological polar surface area (TPSA) is 77.4 Å².